The van der Waals surface area contributed by atoms with Crippen molar-refractivity contribution < 1.29 is 36.9 Å². The predicted octanol–water partition coefficient (Wildman–Crippen LogP) is 2.83. The third-order valence-electron chi connectivity index (χ3n) is 1.15. The molecule has 1 rings (SSSR count). The Morgan fingerprint density at radius 2 is 2.07 bits per heavy atom. The minimum Gasteiger partial charge on any atom is -0.349 e. The molecule has 0 aromatic carbocycles. The van der Waals surface area contributed by atoms with Crippen molar-refractivity contribution in [2.45, 2.75) is 20.8 Å². The van der Waals surface area contributed by atoms with Crippen LogP contribution in [0.15, 0.2) is 17.4 Å². The van der Waals surface area contributed by atoms with Crippen LogP contribution in [0.5, 0.6) is 0 Å². The zero-order valence-electron chi connectivity index (χ0n) is 8.44. The quantitative estimate of drug-likeness (QED) is 0.797. The molecule has 0 bridgehead atoms. The fourth-order valence-electron chi connectivity index (χ4n) is 0.735. The minimum absolute atomic E-state index is 0. The van der Waals surface area contributed by atoms with Crippen molar-refractivity contribution in [3.8, 4) is 0 Å². The zero-order valence-corrected chi connectivity index (χ0v) is 10.9. The Morgan fingerprint density at radius 1 is 1.50 bits per heavy atom. The van der Waals surface area contributed by atoms with Crippen LogP contribution in [-0.4, -0.2) is 4.98 Å². The van der Waals surface area contributed by atoms with Crippen LogP contribution in [0.4, 0.5) is 0 Å². The molecule has 1 heterocycles. The number of nitrogens with one attached hydrogen (secondary N) is 1. The van der Waals surface area contributed by atoms with Gasteiger partial charge in [-0.2, -0.15) is 17.4 Å². The molecule has 1 radical (unpaired) electrons. The summed E-state index contributed by atoms with van der Waals surface area (Å²) in [5, 5.41) is 0. The van der Waals surface area contributed by atoms with Crippen LogP contribution >= 0.6 is 11.3 Å². The van der Waals surface area contributed by atoms with Gasteiger partial charge in [-0.15, -0.1) is 18.3 Å². The van der Waals surface area contributed by atoms with Gasteiger partial charge in [0.1, 0.15) is 0 Å². The van der Waals surface area contributed by atoms with E-state index in [-0.39, 0.29) is 41.7 Å². The van der Waals surface area contributed by atoms with E-state index < -0.39 is 0 Å². The van der Waals surface area contributed by atoms with E-state index in [9.17, 15) is 4.79 Å². The fraction of sp³-hybridized carbons (Fsp3) is 0.300. The van der Waals surface area contributed by atoms with Gasteiger partial charge < -0.3 is 4.98 Å². The summed E-state index contributed by atoms with van der Waals surface area (Å²) in [7, 11) is 0. The smallest absolute Gasteiger partial charge is 0.285 e. The van der Waals surface area contributed by atoms with E-state index >= 15 is 0 Å². The molecule has 1 aromatic heterocycles. The van der Waals surface area contributed by atoms with Gasteiger partial charge in [0, 0.05) is 36.9 Å². The van der Waals surface area contributed by atoms with Crippen LogP contribution in [0.3, 0.4) is 0 Å². The van der Waals surface area contributed by atoms with Gasteiger partial charge >= 0.3 is 0 Å². The molecular weight excluding hydrogens is 357 g/mol. The van der Waals surface area contributed by atoms with Crippen molar-refractivity contribution >= 4 is 17.4 Å². The number of hydrogen-bond donors (Lipinski definition) is 1. The molecule has 0 fully saturated rings. The number of hydrogen-bond acceptors (Lipinski definition) is 2. The summed E-state index contributed by atoms with van der Waals surface area (Å²) in [6, 6.07) is 0. The monoisotopic (exact) mass is 371 g/mol. The van der Waals surface area contributed by atoms with E-state index in [1.807, 2.05) is 20.8 Å². The molecule has 0 unspecified atom stereocenters. The van der Waals surface area contributed by atoms with E-state index in [2.05, 4.69) is 17.6 Å². The first-order valence-electron chi connectivity index (χ1n) is 4.18. The topological polar surface area (TPSA) is 32.9 Å². The third-order valence-corrected chi connectivity index (χ3v) is 2.03. The van der Waals surface area contributed by atoms with Crippen LogP contribution in [-0.2, 0) is 0 Å². The number of H-pyrrole nitrogens is 1. The molecule has 1 aromatic rings. The van der Waals surface area contributed by atoms with E-state index in [0.29, 0.717) is 0 Å². The van der Waals surface area contributed by atoms with Crippen molar-refractivity contribution in [1.82, 2.24) is 4.98 Å². The molecule has 4 heteroatoms. The first-order valence-corrected chi connectivity index (χ1v) is 4.99. The number of rotatable bonds is 2. The van der Waals surface area contributed by atoms with Gasteiger partial charge in [0.25, 0.3) is 4.87 Å². The Labute approximate surface area is 118 Å². The summed E-state index contributed by atoms with van der Waals surface area (Å²) in [5.41, 5.74) is 0.720. The minimum atomic E-state index is -0.0655. The first-order chi connectivity index (χ1) is 6.27. The number of allylic oxidation sites excluding steroid dienone is 1. The second-order valence-corrected chi connectivity index (χ2v) is 2.91. The summed E-state index contributed by atoms with van der Waals surface area (Å²) >= 11 is 1.14. The number of thiazole rings is 1. The van der Waals surface area contributed by atoms with E-state index in [0.717, 1.165) is 21.9 Å². The molecule has 87 valence electrons. The maximum Gasteiger partial charge on any atom is 0.285 e. The molecule has 0 atom stereocenters. The predicted molar refractivity (Wildman–Crippen MR) is 59.0 cm³/mol. The standard InChI is InChI=1S/C8H8NOS.C2H6.Lu/c1-3-5-6-7(4-2)11-8(10)9-6;1-2;/h3-4H,2H2,1H3,(H,9,10);1-2H3;/q-1;;. The molecular formula is C10H14LuNOS-. The van der Waals surface area contributed by atoms with Crippen LogP contribution in [0.2, 0.25) is 0 Å². The molecule has 14 heavy (non-hydrogen) atoms. The second-order valence-electron chi connectivity index (χ2n) is 1.89. The van der Waals surface area contributed by atoms with E-state index in [1.165, 1.54) is 0 Å². The molecule has 0 saturated carbocycles. The van der Waals surface area contributed by atoms with Gasteiger partial charge in [0.05, 0.1) is 0 Å². The number of aromatic amines is 1. The summed E-state index contributed by atoms with van der Waals surface area (Å²) in [4.78, 5) is 14.2. The molecule has 0 aliphatic carbocycles. The van der Waals surface area contributed by atoms with Crippen molar-refractivity contribution in [3.05, 3.63) is 39.0 Å². The molecule has 0 aliphatic rings. The van der Waals surface area contributed by atoms with Crippen molar-refractivity contribution in [1.29, 1.82) is 0 Å². The van der Waals surface area contributed by atoms with Crippen molar-refractivity contribution in [2.24, 2.45) is 0 Å². The van der Waals surface area contributed by atoms with Crippen LogP contribution in [0.1, 0.15) is 31.3 Å². The average Bonchev–Trinajstić information content (AvgIpc) is 2.50. The Hall–Kier alpha value is 0.144. The van der Waals surface area contributed by atoms with Gasteiger partial charge in [0.15, 0.2) is 0 Å². The Bertz CT molecular complexity index is 338. The van der Waals surface area contributed by atoms with Gasteiger partial charge in [-0.1, -0.05) is 25.6 Å². The SMILES string of the molecule is C=Cc1sc(=O)[nH]c1[C-]=CC.CC.[Lu]. The Kier molecular flexibility index (Phi) is 11.5. The molecule has 2 nitrogen and oxygen atoms in total. The summed E-state index contributed by atoms with van der Waals surface area (Å²) < 4.78 is 0. The maximum atomic E-state index is 10.8. The van der Waals surface area contributed by atoms with E-state index in [4.69, 9.17) is 0 Å². The zero-order chi connectivity index (χ0) is 10.3. The number of aromatic nitrogens is 1. The Morgan fingerprint density at radius 3 is 2.50 bits per heavy atom. The first kappa shape index (κ1) is 16.6. The molecule has 0 spiro atoms. The summed E-state index contributed by atoms with van der Waals surface area (Å²) in [5.74, 6) is 0. The van der Waals surface area contributed by atoms with Crippen molar-refractivity contribution in [3.63, 3.8) is 0 Å². The van der Waals surface area contributed by atoms with Gasteiger partial charge in [-0.05, 0) is 0 Å². The fourth-order valence-corrected chi connectivity index (χ4v) is 1.38. The van der Waals surface area contributed by atoms with Gasteiger partial charge in [-0.3, -0.25) is 4.79 Å². The van der Waals surface area contributed by atoms with Gasteiger partial charge in [0.2, 0.25) is 0 Å². The summed E-state index contributed by atoms with van der Waals surface area (Å²) in [6.07, 6.45) is 6.31. The van der Waals surface area contributed by atoms with Crippen LogP contribution in [0.25, 0.3) is 6.08 Å². The molecule has 1 N–H and O–H groups in total. The van der Waals surface area contributed by atoms with E-state index in [1.54, 1.807) is 12.2 Å². The van der Waals surface area contributed by atoms with Crippen LogP contribution in [0, 0.1) is 43.0 Å². The third kappa shape index (κ3) is 5.13. The maximum absolute atomic E-state index is 10.8. The normalized spacial score (nSPS) is 8.79. The largest absolute Gasteiger partial charge is 0.349 e. The second kappa shape index (κ2) is 9.69. The Balaban J connectivity index is 0. The summed E-state index contributed by atoms with van der Waals surface area (Å²) in [6.45, 7) is 9.43. The molecule has 0 aliphatic heterocycles. The average molecular weight is 371 g/mol. The molecule has 0 amide bonds. The van der Waals surface area contributed by atoms with Crippen LogP contribution < -0.4 is 4.87 Å². The van der Waals surface area contributed by atoms with Crippen molar-refractivity contribution in [2.75, 3.05) is 0 Å². The van der Waals surface area contributed by atoms with Gasteiger partial charge in [-0.25, -0.2) is 6.08 Å². The molecule has 0 saturated heterocycles.